The van der Waals surface area contributed by atoms with Gasteiger partial charge in [0.15, 0.2) is 0 Å². The first-order valence-corrected chi connectivity index (χ1v) is 12.0. The molecule has 34 heavy (non-hydrogen) atoms. The van der Waals surface area contributed by atoms with Crippen LogP contribution in [-0.4, -0.2) is 60.2 Å². The Labute approximate surface area is 204 Å². The fourth-order valence-electron chi connectivity index (χ4n) is 4.36. The quantitative estimate of drug-likeness (QED) is 0.517. The number of urea groups is 1. The molecule has 7 nitrogen and oxygen atoms in total. The minimum atomic E-state index is -0.282. The lowest BCUT2D eigenvalue weighted by molar-refractivity contribution is 0.0365. The third kappa shape index (κ3) is 5.97. The fraction of sp³-hybridized carbons (Fsp3) is 0.385. The Morgan fingerprint density at radius 1 is 1.18 bits per heavy atom. The van der Waals surface area contributed by atoms with E-state index in [-0.39, 0.29) is 18.1 Å². The first kappa shape index (κ1) is 24.3. The number of anilines is 1. The van der Waals surface area contributed by atoms with E-state index in [2.05, 4.69) is 21.3 Å². The minimum absolute atomic E-state index is 0.179. The normalized spacial score (nSPS) is 14.3. The number of aryl methyl sites for hydroxylation is 2. The molecule has 0 aliphatic carbocycles. The number of amides is 2. The lowest BCUT2D eigenvalue weighted by atomic mass is 10.0. The molecule has 1 aliphatic rings. The Balaban J connectivity index is 1.55. The first-order chi connectivity index (χ1) is 16.4. The number of halogens is 1. The molecule has 3 aromatic rings. The zero-order valence-electron chi connectivity index (χ0n) is 19.7. The summed E-state index contributed by atoms with van der Waals surface area (Å²) >= 11 is 6.25. The smallest absolute Gasteiger partial charge is 0.322 e. The highest BCUT2D eigenvalue weighted by molar-refractivity contribution is 6.33. The number of aromatic amines is 1. The molecule has 8 heteroatoms. The Bertz CT molecular complexity index is 1220. The van der Waals surface area contributed by atoms with Gasteiger partial charge in [-0.25, -0.2) is 4.79 Å². The molecule has 2 heterocycles. The molecular formula is C26H31ClN4O3. The molecule has 1 fully saturated rings. The summed E-state index contributed by atoms with van der Waals surface area (Å²) in [6.07, 6.45) is 0.791. The van der Waals surface area contributed by atoms with Crippen LogP contribution in [0.15, 0.2) is 47.3 Å². The Kier molecular flexibility index (Phi) is 7.88. The number of rotatable bonds is 7. The number of nitrogens with one attached hydrogen (secondary N) is 2. The van der Waals surface area contributed by atoms with Crippen LogP contribution < -0.4 is 10.9 Å². The minimum Gasteiger partial charge on any atom is -0.379 e. The van der Waals surface area contributed by atoms with Gasteiger partial charge in [-0.3, -0.25) is 9.69 Å². The fourth-order valence-corrected chi connectivity index (χ4v) is 4.54. The molecule has 2 aromatic carbocycles. The maximum atomic E-state index is 13.2. The number of ether oxygens (including phenoxy) is 1. The van der Waals surface area contributed by atoms with Crippen LogP contribution in [0.2, 0.25) is 5.02 Å². The summed E-state index contributed by atoms with van der Waals surface area (Å²) in [5.41, 5.74) is 3.92. The van der Waals surface area contributed by atoms with Crippen LogP contribution in [0.25, 0.3) is 10.9 Å². The molecule has 180 valence electrons. The number of morpholine rings is 1. The van der Waals surface area contributed by atoms with Gasteiger partial charge in [-0.15, -0.1) is 0 Å². The molecule has 0 radical (unpaired) electrons. The van der Waals surface area contributed by atoms with Crippen molar-refractivity contribution in [3.8, 4) is 0 Å². The van der Waals surface area contributed by atoms with Crippen LogP contribution in [0.3, 0.4) is 0 Å². The molecule has 0 spiro atoms. The van der Waals surface area contributed by atoms with Gasteiger partial charge in [0.05, 0.1) is 30.5 Å². The highest BCUT2D eigenvalue weighted by atomic mass is 35.5. The van der Waals surface area contributed by atoms with Gasteiger partial charge in [-0.2, -0.15) is 0 Å². The van der Waals surface area contributed by atoms with Crippen molar-refractivity contribution in [3.63, 3.8) is 0 Å². The zero-order valence-corrected chi connectivity index (χ0v) is 20.5. The highest BCUT2D eigenvalue weighted by Gasteiger charge is 2.19. The average Bonchev–Trinajstić information content (AvgIpc) is 2.81. The second kappa shape index (κ2) is 11.0. The number of para-hydroxylation sites is 1. The van der Waals surface area contributed by atoms with Crippen molar-refractivity contribution in [1.29, 1.82) is 0 Å². The van der Waals surface area contributed by atoms with Gasteiger partial charge in [0.2, 0.25) is 0 Å². The number of hydrogen-bond acceptors (Lipinski definition) is 4. The molecule has 0 saturated carbocycles. The molecule has 4 rings (SSSR count). The summed E-state index contributed by atoms with van der Waals surface area (Å²) < 4.78 is 5.42. The molecular weight excluding hydrogens is 452 g/mol. The van der Waals surface area contributed by atoms with Gasteiger partial charge < -0.3 is 19.9 Å². The molecule has 1 aliphatic heterocycles. The standard InChI is InChI=1S/C26H31ClN4O3/c1-18-14-19(2)21-16-20(25(32)28-24(21)15-18)17-31(9-5-8-30-10-12-34-13-11-30)26(33)29-23-7-4-3-6-22(23)27/h3-4,6-7,14-16H,5,8-13,17H2,1-2H3,(H,28,32)(H,29,33). The summed E-state index contributed by atoms with van der Waals surface area (Å²) in [4.78, 5) is 33.2. The first-order valence-electron chi connectivity index (χ1n) is 11.6. The number of aromatic nitrogens is 1. The number of nitrogens with zero attached hydrogens (tertiary/aromatic N) is 2. The molecule has 0 atom stereocenters. The van der Waals surface area contributed by atoms with Crippen LogP contribution in [-0.2, 0) is 11.3 Å². The number of pyridine rings is 1. The molecule has 0 bridgehead atoms. The predicted molar refractivity (Wildman–Crippen MR) is 137 cm³/mol. The largest absolute Gasteiger partial charge is 0.379 e. The van der Waals surface area contributed by atoms with Crippen LogP contribution in [0.4, 0.5) is 10.5 Å². The van der Waals surface area contributed by atoms with Crippen molar-refractivity contribution >= 4 is 34.2 Å². The van der Waals surface area contributed by atoms with Crippen molar-refractivity contribution in [2.75, 3.05) is 44.7 Å². The summed E-state index contributed by atoms with van der Waals surface area (Å²) in [5.74, 6) is 0. The van der Waals surface area contributed by atoms with Crippen LogP contribution >= 0.6 is 11.6 Å². The van der Waals surface area contributed by atoms with Crippen LogP contribution in [0.5, 0.6) is 0 Å². The third-order valence-electron chi connectivity index (χ3n) is 6.16. The number of fused-ring (bicyclic) bond motifs is 1. The summed E-state index contributed by atoms with van der Waals surface area (Å²) in [7, 11) is 0. The van der Waals surface area contributed by atoms with E-state index in [1.807, 2.05) is 38.1 Å². The Hall–Kier alpha value is -2.87. The lowest BCUT2D eigenvalue weighted by Gasteiger charge is -2.28. The summed E-state index contributed by atoms with van der Waals surface area (Å²) in [6.45, 7) is 8.89. The van der Waals surface area contributed by atoms with E-state index in [1.54, 1.807) is 17.0 Å². The van der Waals surface area contributed by atoms with Gasteiger partial charge in [0.25, 0.3) is 5.56 Å². The Morgan fingerprint density at radius 2 is 1.94 bits per heavy atom. The Morgan fingerprint density at radius 3 is 2.71 bits per heavy atom. The summed E-state index contributed by atoms with van der Waals surface area (Å²) in [5, 5.41) is 4.36. The van der Waals surface area contributed by atoms with E-state index in [9.17, 15) is 9.59 Å². The van der Waals surface area contributed by atoms with Crippen molar-refractivity contribution < 1.29 is 9.53 Å². The number of carbonyl (C=O) groups excluding carboxylic acids is 1. The zero-order chi connectivity index (χ0) is 24.1. The molecule has 1 saturated heterocycles. The second-order valence-corrected chi connectivity index (χ2v) is 9.21. The lowest BCUT2D eigenvalue weighted by Crippen LogP contribution is -2.40. The summed E-state index contributed by atoms with van der Waals surface area (Å²) in [6, 6.07) is 12.8. The number of benzene rings is 2. The van der Waals surface area contributed by atoms with Crippen LogP contribution in [0, 0.1) is 13.8 Å². The maximum absolute atomic E-state index is 13.2. The van der Waals surface area contributed by atoms with Gasteiger partial charge in [0, 0.05) is 42.6 Å². The van der Waals surface area contributed by atoms with E-state index >= 15 is 0 Å². The van der Waals surface area contributed by atoms with Gasteiger partial charge in [-0.05, 0) is 55.7 Å². The van der Waals surface area contributed by atoms with E-state index in [0.29, 0.717) is 22.8 Å². The highest BCUT2D eigenvalue weighted by Crippen LogP contribution is 2.22. The van der Waals surface area contributed by atoms with E-state index in [4.69, 9.17) is 16.3 Å². The third-order valence-corrected chi connectivity index (χ3v) is 6.49. The molecule has 1 aromatic heterocycles. The van der Waals surface area contributed by atoms with E-state index in [0.717, 1.165) is 61.3 Å². The van der Waals surface area contributed by atoms with Crippen molar-refractivity contribution in [2.45, 2.75) is 26.8 Å². The monoisotopic (exact) mass is 482 g/mol. The van der Waals surface area contributed by atoms with Crippen molar-refractivity contribution in [3.05, 3.63) is 74.5 Å². The maximum Gasteiger partial charge on any atom is 0.322 e. The van der Waals surface area contributed by atoms with Gasteiger partial charge in [0.1, 0.15) is 0 Å². The van der Waals surface area contributed by atoms with Gasteiger partial charge >= 0.3 is 6.03 Å². The van der Waals surface area contributed by atoms with Crippen molar-refractivity contribution in [2.24, 2.45) is 0 Å². The number of H-pyrrole nitrogens is 1. The second-order valence-electron chi connectivity index (χ2n) is 8.81. The SMILES string of the molecule is Cc1cc(C)c2cc(CN(CCCN3CCOCC3)C(=O)Nc3ccccc3Cl)c(=O)[nH]c2c1. The molecule has 2 amide bonds. The molecule has 0 unspecified atom stereocenters. The van der Waals surface area contributed by atoms with Crippen molar-refractivity contribution in [1.82, 2.24) is 14.8 Å². The number of carbonyl (C=O) groups is 1. The average molecular weight is 483 g/mol. The van der Waals surface area contributed by atoms with Gasteiger partial charge in [-0.1, -0.05) is 29.8 Å². The molecule has 2 N–H and O–H groups in total. The van der Waals surface area contributed by atoms with E-state index in [1.165, 1.54) is 0 Å². The number of hydrogen-bond donors (Lipinski definition) is 2. The van der Waals surface area contributed by atoms with Crippen LogP contribution in [0.1, 0.15) is 23.1 Å². The topological polar surface area (TPSA) is 77.7 Å². The van der Waals surface area contributed by atoms with E-state index < -0.39 is 0 Å². The predicted octanol–water partition coefficient (Wildman–Crippen LogP) is 4.55.